The topological polar surface area (TPSA) is 29.9 Å². The molecule has 0 bridgehead atoms. The maximum Gasteiger partial charge on any atom is 0.124 e. The number of nitrogens with one attached hydrogen (secondary N) is 1. The molecule has 0 aliphatic carbocycles. The Morgan fingerprint density at radius 1 is 1.42 bits per heavy atom. The average molecular weight is 326 g/mol. The molecular formula is C14H17BrFN3. The van der Waals surface area contributed by atoms with E-state index >= 15 is 0 Å². The van der Waals surface area contributed by atoms with E-state index in [1.165, 1.54) is 6.07 Å². The fourth-order valence-electron chi connectivity index (χ4n) is 2.01. The Kier molecular flexibility index (Phi) is 4.71. The zero-order valence-electron chi connectivity index (χ0n) is 11.0. The Morgan fingerprint density at radius 2 is 2.21 bits per heavy atom. The van der Waals surface area contributed by atoms with Gasteiger partial charge in [-0.25, -0.2) is 4.39 Å². The van der Waals surface area contributed by atoms with Crippen molar-refractivity contribution < 1.29 is 4.39 Å². The Labute approximate surface area is 121 Å². The number of nitrogens with zero attached hydrogens (tertiary/aromatic N) is 2. The van der Waals surface area contributed by atoms with Gasteiger partial charge in [0.2, 0.25) is 0 Å². The number of hydrogen-bond acceptors (Lipinski definition) is 2. The fraction of sp³-hybridized carbons (Fsp3) is 0.357. The zero-order chi connectivity index (χ0) is 13.8. The second-order valence-electron chi connectivity index (χ2n) is 4.50. The highest BCUT2D eigenvalue weighted by molar-refractivity contribution is 9.10. The van der Waals surface area contributed by atoms with Gasteiger partial charge in [-0.15, -0.1) is 0 Å². The van der Waals surface area contributed by atoms with E-state index < -0.39 is 0 Å². The van der Waals surface area contributed by atoms with E-state index in [-0.39, 0.29) is 11.9 Å². The van der Waals surface area contributed by atoms with Gasteiger partial charge in [-0.05, 0) is 42.8 Å². The van der Waals surface area contributed by atoms with Crippen molar-refractivity contribution in [2.75, 3.05) is 6.54 Å². The Morgan fingerprint density at radius 3 is 2.79 bits per heavy atom. The molecule has 1 heterocycles. The largest absolute Gasteiger partial charge is 0.305 e. The molecular weight excluding hydrogens is 309 g/mol. The standard InChI is InChI=1S/C14H17BrFN3/c1-3-5-17-14(13-4-6-19(2)18-13)10-7-11(15)9-12(16)8-10/h4,6-9,14,17H,3,5H2,1-2H3. The maximum absolute atomic E-state index is 13.5. The molecule has 0 saturated heterocycles. The Bertz CT molecular complexity index is 533. The lowest BCUT2D eigenvalue weighted by molar-refractivity contribution is 0.567. The predicted octanol–water partition coefficient (Wildman–Crippen LogP) is 3.41. The molecule has 0 radical (unpaired) electrons. The van der Waals surface area contributed by atoms with Crippen molar-refractivity contribution >= 4 is 15.9 Å². The quantitative estimate of drug-likeness (QED) is 0.912. The van der Waals surface area contributed by atoms with Gasteiger partial charge in [0.15, 0.2) is 0 Å². The number of benzene rings is 1. The van der Waals surface area contributed by atoms with E-state index in [1.54, 1.807) is 10.7 Å². The molecule has 2 rings (SSSR count). The van der Waals surface area contributed by atoms with Crippen LogP contribution in [0.1, 0.15) is 30.6 Å². The third-order valence-electron chi connectivity index (χ3n) is 2.85. The predicted molar refractivity (Wildman–Crippen MR) is 77.4 cm³/mol. The molecule has 1 atom stereocenters. The minimum atomic E-state index is -0.247. The third-order valence-corrected chi connectivity index (χ3v) is 3.30. The van der Waals surface area contributed by atoms with Crippen molar-refractivity contribution in [2.24, 2.45) is 7.05 Å². The molecule has 0 saturated carbocycles. The number of hydrogen-bond donors (Lipinski definition) is 1. The first kappa shape index (κ1) is 14.2. The smallest absolute Gasteiger partial charge is 0.124 e. The van der Waals surface area contributed by atoms with Crippen LogP contribution < -0.4 is 5.32 Å². The number of rotatable bonds is 5. The molecule has 1 aromatic carbocycles. The summed E-state index contributed by atoms with van der Waals surface area (Å²) in [5.74, 6) is -0.247. The second-order valence-corrected chi connectivity index (χ2v) is 5.42. The summed E-state index contributed by atoms with van der Waals surface area (Å²) in [6, 6.07) is 6.79. The SMILES string of the molecule is CCCNC(c1cc(F)cc(Br)c1)c1ccn(C)n1. The van der Waals surface area contributed by atoms with Gasteiger partial charge in [0.05, 0.1) is 11.7 Å². The summed E-state index contributed by atoms with van der Waals surface area (Å²) in [5.41, 5.74) is 1.77. The average Bonchev–Trinajstić information content (AvgIpc) is 2.75. The lowest BCUT2D eigenvalue weighted by Gasteiger charge is -2.17. The van der Waals surface area contributed by atoms with Crippen LogP contribution in [0.3, 0.4) is 0 Å². The molecule has 1 unspecified atom stereocenters. The van der Waals surface area contributed by atoms with E-state index in [2.05, 4.69) is 33.3 Å². The maximum atomic E-state index is 13.5. The summed E-state index contributed by atoms with van der Waals surface area (Å²) in [4.78, 5) is 0. The van der Waals surface area contributed by atoms with Crippen LogP contribution >= 0.6 is 15.9 Å². The van der Waals surface area contributed by atoms with Gasteiger partial charge in [0, 0.05) is 17.7 Å². The van der Waals surface area contributed by atoms with Gasteiger partial charge >= 0.3 is 0 Å². The monoisotopic (exact) mass is 325 g/mol. The van der Waals surface area contributed by atoms with Crippen LogP contribution in [-0.4, -0.2) is 16.3 Å². The molecule has 2 aromatic rings. The van der Waals surface area contributed by atoms with Crippen molar-refractivity contribution in [1.82, 2.24) is 15.1 Å². The van der Waals surface area contributed by atoms with Crippen molar-refractivity contribution in [1.29, 1.82) is 0 Å². The molecule has 0 amide bonds. The molecule has 1 N–H and O–H groups in total. The summed E-state index contributed by atoms with van der Waals surface area (Å²) in [7, 11) is 1.88. The highest BCUT2D eigenvalue weighted by atomic mass is 79.9. The first-order valence-electron chi connectivity index (χ1n) is 6.29. The normalized spacial score (nSPS) is 12.6. The van der Waals surface area contributed by atoms with Crippen LogP contribution in [0.25, 0.3) is 0 Å². The fourth-order valence-corrected chi connectivity index (χ4v) is 2.49. The summed E-state index contributed by atoms with van der Waals surface area (Å²) >= 11 is 3.33. The van der Waals surface area contributed by atoms with Crippen molar-refractivity contribution in [3.8, 4) is 0 Å². The minimum Gasteiger partial charge on any atom is -0.305 e. The van der Waals surface area contributed by atoms with Gasteiger partial charge in [0.25, 0.3) is 0 Å². The van der Waals surface area contributed by atoms with Crippen molar-refractivity contribution in [3.63, 3.8) is 0 Å². The van der Waals surface area contributed by atoms with Gasteiger partial charge in [-0.3, -0.25) is 4.68 Å². The van der Waals surface area contributed by atoms with Crippen LogP contribution in [-0.2, 0) is 7.05 Å². The first-order valence-corrected chi connectivity index (χ1v) is 7.08. The molecule has 3 nitrogen and oxygen atoms in total. The summed E-state index contributed by atoms with van der Waals surface area (Å²) in [5, 5.41) is 7.82. The van der Waals surface area contributed by atoms with Crippen LogP contribution in [0, 0.1) is 5.82 Å². The zero-order valence-corrected chi connectivity index (χ0v) is 12.6. The number of halogens is 2. The van der Waals surface area contributed by atoms with Crippen LogP contribution in [0.5, 0.6) is 0 Å². The highest BCUT2D eigenvalue weighted by Crippen LogP contribution is 2.24. The van der Waals surface area contributed by atoms with E-state index in [9.17, 15) is 4.39 Å². The molecule has 0 aliphatic rings. The molecule has 0 aliphatic heterocycles. The van der Waals surface area contributed by atoms with E-state index in [4.69, 9.17) is 0 Å². The first-order chi connectivity index (χ1) is 9.10. The lowest BCUT2D eigenvalue weighted by atomic mass is 10.0. The summed E-state index contributed by atoms with van der Waals surface area (Å²) in [6.45, 7) is 2.96. The van der Waals surface area contributed by atoms with Crippen LogP contribution in [0.2, 0.25) is 0 Å². The van der Waals surface area contributed by atoms with E-state index in [0.717, 1.165) is 28.7 Å². The molecule has 1 aromatic heterocycles. The van der Waals surface area contributed by atoms with Gasteiger partial charge in [0.1, 0.15) is 5.82 Å². The highest BCUT2D eigenvalue weighted by Gasteiger charge is 2.17. The van der Waals surface area contributed by atoms with E-state index in [1.807, 2.05) is 25.4 Å². The van der Waals surface area contributed by atoms with E-state index in [0.29, 0.717) is 0 Å². The third kappa shape index (κ3) is 3.64. The molecule has 19 heavy (non-hydrogen) atoms. The molecule has 102 valence electrons. The molecule has 5 heteroatoms. The molecule has 0 spiro atoms. The summed E-state index contributed by atoms with van der Waals surface area (Å²) in [6.07, 6.45) is 2.91. The summed E-state index contributed by atoms with van der Waals surface area (Å²) < 4.78 is 16.0. The van der Waals surface area contributed by atoms with Gasteiger partial charge in [-0.2, -0.15) is 5.10 Å². The van der Waals surface area contributed by atoms with Crippen molar-refractivity contribution in [2.45, 2.75) is 19.4 Å². The number of aromatic nitrogens is 2. The van der Waals surface area contributed by atoms with Gasteiger partial charge in [-0.1, -0.05) is 22.9 Å². The minimum absolute atomic E-state index is 0.0897. The Hall–Kier alpha value is -1.20. The van der Waals surface area contributed by atoms with Crippen LogP contribution in [0.15, 0.2) is 34.9 Å². The van der Waals surface area contributed by atoms with Crippen LogP contribution in [0.4, 0.5) is 4.39 Å². The van der Waals surface area contributed by atoms with Crippen molar-refractivity contribution in [3.05, 3.63) is 52.0 Å². The number of aryl methyl sites for hydroxylation is 1. The molecule has 0 fully saturated rings. The second kappa shape index (κ2) is 6.30. The Balaban J connectivity index is 2.36. The lowest BCUT2D eigenvalue weighted by Crippen LogP contribution is -2.24. The van der Waals surface area contributed by atoms with Gasteiger partial charge < -0.3 is 5.32 Å².